The number of furan rings is 1. The molecule has 142 valence electrons. The summed E-state index contributed by atoms with van der Waals surface area (Å²) in [5.41, 5.74) is 2.99. The number of fused-ring (bicyclic) bond motifs is 1. The van der Waals surface area contributed by atoms with Gasteiger partial charge in [-0.05, 0) is 49.2 Å². The highest BCUT2D eigenvalue weighted by molar-refractivity contribution is 6.04. The molecular weight excluding hydrogens is 352 g/mol. The summed E-state index contributed by atoms with van der Waals surface area (Å²) in [6.07, 6.45) is 6.15. The van der Waals surface area contributed by atoms with E-state index in [2.05, 4.69) is 10.6 Å². The average molecular weight is 374 g/mol. The molecular formula is C23H22N2O3. The Balaban J connectivity index is 1.43. The molecule has 1 aliphatic carbocycles. The van der Waals surface area contributed by atoms with Crippen LogP contribution in [0.4, 0.5) is 5.69 Å². The molecule has 0 aliphatic heterocycles. The zero-order valence-corrected chi connectivity index (χ0v) is 15.7. The standard InChI is InChI=1S/C23H22N2O3/c1-2-20-19(18-5-3-4-6-21(18)28-20)13-14-22(26)24-16-9-7-15(8-10-16)23(27)25-17-11-12-17/h3-10,13-14,17H,2,11-12H2,1H3,(H,24,26)(H,25,27)/b14-13+. The van der Waals surface area contributed by atoms with E-state index >= 15 is 0 Å². The van der Waals surface area contributed by atoms with Gasteiger partial charge in [0, 0.05) is 40.7 Å². The predicted octanol–water partition coefficient (Wildman–Crippen LogP) is 4.54. The van der Waals surface area contributed by atoms with Crippen LogP contribution in [0.5, 0.6) is 0 Å². The molecule has 1 fully saturated rings. The Bertz CT molecular complexity index is 1040. The molecule has 0 atom stereocenters. The quantitative estimate of drug-likeness (QED) is 0.622. The smallest absolute Gasteiger partial charge is 0.251 e. The Morgan fingerprint density at radius 1 is 1.11 bits per heavy atom. The van der Waals surface area contributed by atoms with E-state index in [0.29, 0.717) is 17.3 Å². The van der Waals surface area contributed by atoms with Crippen LogP contribution >= 0.6 is 0 Å². The SMILES string of the molecule is CCc1oc2ccccc2c1/C=C/C(=O)Nc1ccc(C(=O)NC2CC2)cc1. The maximum atomic E-state index is 12.3. The lowest BCUT2D eigenvalue weighted by Gasteiger charge is -2.05. The van der Waals surface area contributed by atoms with Crippen LogP contribution in [0.3, 0.4) is 0 Å². The first kappa shape index (κ1) is 18.0. The number of rotatable bonds is 6. The Labute approximate surface area is 163 Å². The van der Waals surface area contributed by atoms with E-state index in [1.54, 1.807) is 30.3 Å². The number of carbonyl (C=O) groups excluding carboxylic acids is 2. The monoisotopic (exact) mass is 374 g/mol. The van der Waals surface area contributed by atoms with Gasteiger partial charge in [-0.15, -0.1) is 0 Å². The summed E-state index contributed by atoms with van der Waals surface area (Å²) >= 11 is 0. The fourth-order valence-electron chi connectivity index (χ4n) is 3.11. The fourth-order valence-corrected chi connectivity index (χ4v) is 3.11. The van der Waals surface area contributed by atoms with E-state index in [4.69, 9.17) is 4.42 Å². The minimum atomic E-state index is -0.234. The lowest BCUT2D eigenvalue weighted by atomic mass is 10.1. The van der Waals surface area contributed by atoms with Crippen molar-refractivity contribution in [3.8, 4) is 0 Å². The van der Waals surface area contributed by atoms with Crippen LogP contribution < -0.4 is 10.6 Å². The molecule has 1 aromatic heterocycles. The van der Waals surface area contributed by atoms with E-state index in [1.807, 2.05) is 31.2 Å². The van der Waals surface area contributed by atoms with Crippen molar-refractivity contribution < 1.29 is 14.0 Å². The fraction of sp³-hybridized carbons (Fsp3) is 0.217. The summed E-state index contributed by atoms with van der Waals surface area (Å²) in [7, 11) is 0. The van der Waals surface area contributed by atoms with Gasteiger partial charge in [0.05, 0.1) is 0 Å². The number of anilines is 1. The molecule has 5 heteroatoms. The second-order valence-electron chi connectivity index (χ2n) is 6.94. The van der Waals surface area contributed by atoms with Crippen LogP contribution in [-0.2, 0) is 11.2 Å². The highest BCUT2D eigenvalue weighted by atomic mass is 16.3. The van der Waals surface area contributed by atoms with Crippen LogP contribution in [0.2, 0.25) is 0 Å². The third-order valence-electron chi connectivity index (χ3n) is 4.76. The van der Waals surface area contributed by atoms with Gasteiger partial charge in [-0.1, -0.05) is 25.1 Å². The van der Waals surface area contributed by atoms with E-state index in [-0.39, 0.29) is 11.8 Å². The van der Waals surface area contributed by atoms with Crippen LogP contribution in [0.25, 0.3) is 17.0 Å². The molecule has 0 bridgehead atoms. The molecule has 1 saturated carbocycles. The summed E-state index contributed by atoms with van der Waals surface area (Å²) in [5.74, 6) is 0.554. The first-order valence-corrected chi connectivity index (χ1v) is 9.54. The maximum Gasteiger partial charge on any atom is 0.251 e. The van der Waals surface area contributed by atoms with Crippen molar-refractivity contribution in [1.82, 2.24) is 5.32 Å². The number of hydrogen-bond donors (Lipinski definition) is 2. The summed E-state index contributed by atoms with van der Waals surface area (Å²) in [6.45, 7) is 2.02. The second kappa shape index (κ2) is 7.72. The van der Waals surface area contributed by atoms with E-state index in [0.717, 1.165) is 41.6 Å². The number of para-hydroxylation sites is 1. The molecule has 5 nitrogen and oxygen atoms in total. The van der Waals surface area contributed by atoms with Gasteiger partial charge in [0.25, 0.3) is 5.91 Å². The van der Waals surface area contributed by atoms with Gasteiger partial charge >= 0.3 is 0 Å². The van der Waals surface area contributed by atoms with Crippen molar-refractivity contribution in [1.29, 1.82) is 0 Å². The number of nitrogens with one attached hydrogen (secondary N) is 2. The number of hydrogen-bond acceptors (Lipinski definition) is 3. The van der Waals surface area contributed by atoms with Crippen molar-refractivity contribution in [2.45, 2.75) is 32.2 Å². The lowest BCUT2D eigenvalue weighted by molar-refractivity contribution is -0.111. The normalized spacial score (nSPS) is 13.8. The number of aryl methyl sites for hydroxylation is 1. The second-order valence-corrected chi connectivity index (χ2v) is 6.94. The lowest BCUT2D eigenvalue weighted by Crippen LogP contribution is -2.25. The number of benzene rings is 2. The summed E-state index contributed by atoms with van der Waals surface area (Å²) in [4.78, 5) is 24.3. The van der Waals surface area contributed by atoms with E-state index in [9.17, 15) is 9.59 Å². The van der Waals surface area contributed by atoms with Gasteiger partial charge in [0.2, 0.25) is 5.91 Å². The molecule has 2 aromatic carbocycles. The molecule has 1 aliphatic rings. The summed E-state index contributed by atoms with van der Waals surface area (Å²) in [6, 6.07) is 15.0. The van der Waals surface area contributed by atoms with Gasteiger partial charge in [0.1, 0.15) is 11.3 Å². The Morgan fingerprint density at radius 3 is 2.57 bits per heavy atom. The third kappa shape index (κ3) is 3.98. The minimum Gasteiger partial charge on any atom is -0.460 e. The van der Waals surface area contributed by atoms with E-state index in [1.165, 1.54) is 6.08 Å². The molecule has 2 N–H and O–H groups in total. The molecule has 0 spiro atoms. The number of carbonyl (C=O) groups is 2. The largest absolute Gasteiger partial charge is 0.460 e. The van der Waals surface area contributed by atoms with Crippen molar-refractivity contribution >= 4 is 34.5 Å². The van der Waals surface area contributed by atoms with Crippen molar-refractivity contribution in [2.75, 3.05) is 5.32 Å². The van der Waals surface area contributed by atoms with Crippen LogP contribution in [0.15, 0.2) is 59.0 Å². The highest BCUT2D eigenvalue weighted by Gasteiger charge is 2.23. The van der Waals surface area contributed by atoms with Crippen molar-refractivity contribution in [3.05, 3.63) is 71.5 Å². The molecule has 2 amide bonds. The first-order chi connectivity index (χ1) is 13.6. The summed E-state index contributed by atoms with van der Waals surface area (Å²) in [5, 5.41) is 6.76. The molecule has 28 heavy (non-hydrogen) atoms. The van der Waals surface area contributed by atoms with Crippen LogP contribution in [0, 0.1) is 0 Å². The Kier molecular flexibility index (Phi) is 4.98. The first-order valence-electron chi connectivity index (χ1n) is 9.54. The molecule has 4 rings (SSSR count). The topological polar surface area (TPSA) is 71.3 Å². The highest BCUT2D eigenvalue weighted by Crippen LogP contribution is 2.27. The zero-order valence-electron chi connectivity index (χ0n) is 15.7. The zero-order chi connectivity index (χ0) is 19.5. The molecule has 1 heterocycles. The van der Waals surface area contributed by atoms with Crippen LogP contribution in [0.1, 0.15) is 41.4 Å². The predicted molar refractivity (Wildman–Crippen MR) is 110 cm³/mol. The molecule has 0 saturated heterocycles. The Morgan fingerprint density at radius 2 is 1.86 bits per heavy atom. The maximum absolute atomic E-state index is 12.3. The van der Waals surface area contributed by atoms with Gasteiger partial charge in [-0.3, -0.25) is 9.59 Å². The molecule has 0 radical (unpaired) electrons. The molecule has 0 unspecified atom stereocenters. The average Bonchev–Trinajstić information content (AvgIpc) is 3.45. The third-order valence-corrected chi connectivity index (χ3v) is 4.76. The number of amides is 2. The van der Waals surface area contributed by atoms with Crippen molar-refractivity contribution in [3.63, 3.8) is 0 Å². The van der Waals surface area contributed by atoms with Crippen LogP contribution in [-0.4, -0.2) is 17.9 Å². The minimum absolute atomic E-state index is 0.0702. The Hall–Kier alpha value is -3.34. The van der Waals surface area contributed by atoms with E-state index < -0.39 is 0 Å². The molecule has 3 aromatic rings. The van der Waals surface area contributed by atoms with Gasteiger partial charge in [-0.25, -0.2) is 0 Å². The van der Waals surface area contributed by atoms with Gasteiger partial charge < -0.3 is 15.1 Å². The van der Waals surface area contributed by atoms with Gasteiger partial charge in [0.15, 0.2) is 0 Å². The van der Waals surface area contributed by atoms with Gasteiger partial charge in [-0.2, -0.15) is 0 Å². The summed E-state index contributed by atoms with van der Waals surface area (Å²) < 4.78 is 5.85. The van der Waals surface area contributed by atoms with Crippen molar-refractivity contribution in [2.24, 2.45) is 0 Å².